The van der Waals surface area contributed by atoms with Crippen molar-refractivity contribution in [2.75, 3.05) is 167 Å². The first-order valence-corrected chi connectivity index (χ1v) is 45.8. The van der Waals surface area contributed by atoms with E-state index in [0.29, 0.717) is 103 Å². The van der Waals surface area contributed by atoms with Gasteiger partial charge >= 0.3 is 0 Å². The summed E-state index contributed by atoms with van der Waals surface area (Å²) >= 11 is 0. The molecule has 5 aliphatic heterocycles. The number of aryl methyl sites for hydroxylation is 12. The number of hydrogen-bond acceptors (Lipinski definition) is 16. The van der Waals surface area contributed by atoms with Gasteiger partial charge in [-0.15, -0.1) is 0 Å². The number of imidazole rings is 4. The molecule has 20 nitrogen and oxygen atoms in total. The summed E-state index contributed by atoms with van der Waals surface area (Å²) in [6.45, 7) is 43.7. The van der Waals surface area contributed by atoms with E-state index in [1.165, 1.54) is 107 Å². The molecule has 6 aliphatic rings. The van der Waals surface area contributed by atoms with Crippen molar-refractivity contribution in [1.82, 2.24) is 53.7 Å². The lowest BCUT2D eigenvalue weighted by Gasteiger charge is -2.34. The third-order valence-electron chi connectivity index (χ3n) is 25.8. The number of rotatable bonds is 22. The highest BCUT2D eigenvalue weighted by Crippen LogP contribution is 2.40. The van der Waals surface area contributed by atoms with Gasteiger partial charge in [0, 0.05) is 136 Å². The Kier molecular flexibility index (Phi) is 28.6. The van der Waals surface area contributed by atoms with E-state index in [2.05, 4.69) is 159 Å². The molecule has 0 bridgehead atoms. The summed E-state index contributed by atoms with van der Waals surface area (Å²) in [5, 5.41) is 17.2. The minimum atomic E-state index is -0.127. The third kappa shape index (κ3) is 20.5. The Bertz CT molecular complexity index is 5770. The first-order valence-electron chi connectivity index (χ1n) is 45.8. The Morgan fingerprint density at radius 1 is 0.368 bits per heavy atom. The first-order chi connectivity index (χ1) is 60.3. The van der Waals surface area contributed by atoms with Gasteiger partial charge in [0.05, 0.1) is 70.8 Å². The minimum absolute atomic E-state index is 0.102. The topological polar surface area (TPSA) is 200 Å². The van der Waals surface area contributed by atoms with Gasteiger partial charge in [-0.1, -0.05) is 54.6 Å². The van der Waals surface area contributed by atoms with Crippen LogP contribution in [0.1, 0.15) is 159 Å². The maximum Gasteiger partial charge on any atom is 0.207 e. The first kappa shape index (κ1) is 89.3. The van der Waals surface area contributed by atoms with Crippen LogP contribution >= 0.6 is 0 Å². The molecule has 0 atom stereocenters. The van der Waals surface area contributed by atoms with Crippen LogP contribution in [0.2, 0.25) is 0 Å². The molecule has 0 unspecified atom stereocenters. The number of anilines is 7. The van der Waals surface area contributed by atoms with Crippen LogP contribution in [-0.2, 0) is 26.2 Å². The molecule has 125 heavy (non-hydrogen) atoms. The van der Waals surface area contributed by atoms with Gasteiger partial charge in [-0.05, 0) is 297 Å². The monoisotopic (exact) mass is 1700 g/mol. The number of halogens is 4. The van der Waals surface area contributed by atoms with Crippen LogP contribution in [0.4, 0.5) is 58.4 Å². The lowest BCUT2D eigenvalue weighted by molar-refractivity contribution is 0.313. The molecule has 664 valence electrons. The Morgan fingerprint density at radius 2 is 0.728 bits per heavy atom. The summed E-state index contributed by atoms with van der Waals surface area (Å²) < 4.78 is 65.9. The van der Waals surface area contributed by atoms with Crippen molar-refractivity contribution in [1.29, 1.82) is 0 Å². The van der Waals surface area contributed by atoms with Gasteiger partial charge in [-0.2, -0.15) is 0 Å². The summed E-state index contributed by atoms with van der Waals surface area (Å²) in [5.74, 6) is 3.73. The number of nitrogens with two attached hydrogens (primary N) is 2. The van der Waals surface area contributed by atoms with Crippen molar-refractivity contribution < 1.29 is 17.6 Å². The zero-order chi connectivity index (χ0) is 87.9. The number of hydrogen-bond donors (Lipinski definition) is 7. The van der Waals surface area contributed by atoms with Gasteiger partial charge in [-0.25, -0.2) is 37.5 Å². The summed E-state index contributed by atoms with van der Waals surface area (Å²) in [4.78, 5) is 32.6. The second-order valence-corrected chi connectivity index (χ2v) is 36.3. The zero-order valence-electron chi connectivity index (χ0n) is 76.2. The number of nitrogens with one attached hydrogen (secondary N) is 5. The average molecular weight is 1700 g/mol. The van der Waals surface area contributed by atoms with Crippen LogP contribution < -0.4 is 57.7 Å². The van der Waals surface area contributed by atoms with Crippen LogP contribution in [-0.4, -0.2) is 175 Å². The molecule has 0 amide bonds. The van der Waals surface area contributed by atoms with E-state index in [-0.39, 0.29) is 23.3 Å². The molecule has 8 aromatic carbocycles. The van der Waals surface area contributed by atoms with E-state index in [1.54, 1.807) is 0 Å². The molecular weight excluding hydrogens is 1570 g/mol. The molecular formula is C101H132F4N20. The molecule has 0 radical (unpaired) electrons. The minimum Gasteiger partial charge on any atom is -0.370 e. The molecule has 24 heteroatoms. The molecule has 12 aromatic rings. The van der Waals surface area contributed by atoms with Crippen LogP contribution in [0.3, 0.4) is 0 Å². The van der Waals surface area contributed by atoms with E-state index in [0.717, 1.165) is 196 Å². The Labute approximate surface area is 736 Å². The van der Waals surface area contributed by atoms with Crippen molar-refractivity contribution in [3.05, 3.63) is 221 Å². The predicted octanol–water partition coefficient (Wildman–Crippen LogP) is 18.1. The zero-order valence-corrected chi connectivity index (χ0v) is 76.2. The number of nitrogens with zero attached hydrogens (tertiary/aromatic N) is 13. The van der Waals surface area contributed by atoms with Gasteiger partial charge in [0.15, 0.2) is 0 Å². The fourth-order valence-corrected chi connectivity index (χ4v) is 19.2. The van der Waals surface area contributed by atoms with E-state index >= 15 is 0 Å². The normalized spacial score (nSPS) is 16.0. The second-order valence-electron chi connectivity index (χ2n) is 36.3. The Hall–Kier alpha value is -10.5. The number of piperazine rings is 2. The summed E-state index contributed by atoms with van der Waals surface area (Å²) in [6, 6.07) is 33.6. The molecule has 4 aromatic heterocycles. The molecule has 0 spiro atoms. The highest BCUT2D eigenvalue weighted by molar-refractivity contribution is 5.95. The summed E-state index contributed by atoms with van der Waals surface area (Å²) in [5.41, 5.74) is 41.4. The predicted molar refractivity (Wildman–Crippen MR) is 511 cm³/mol. The molecule has 1 aliphatic carbocycles. The van der Waals surface area contributed by atoms with Crippen molar-refractivity contribution in [3.8, 4) is 0 Å². The third-order valence-corrected chi connectivity index (χ3v) is 25.8. The number of fused-ring (bicyclic) bond motifs is 4. The van der Waals surface area contributed by atoms with Gasteiger partial charge in [-0.3, -0.25) is 0 Å². The summed E-state index contributed by atoms with van der Waals surface area (Å²) in [7, 11) is 2.18. The van der Waals surface area contributed by atoms with Crippen molar-refractivity contribution in [3.63, 3.8) is 0 Å². The van der Waals surface area contributed by atoms with Crippen molar-refractivity contribution in [2.24, 2.45) is 17.4 Å². The average Bonchev–Trinajstić information content (AvgIpc) is 1.61. The van der Waals surface area contributed by atoms with Crippen molar-refractivity contribution >= 4 is 90.6 Å². The molecule has 5 saturated heterocycles. The highest BCUT2D eigenvalue weighted by Gasteiger charge is 2.29. The molecule has 9 heterocycles. The lowest BCUT2D eigenvalue weighted by atomic mass is 9.92. The Morgan fingerprint density at radius 3 is 1.11 bits per heavy atom. The maximum atomic E-state index is 14.3. The second kappa shape index (κ2) is 40.0. The standard InChI is InChI=1S/C26H35FN6.C26H34FN5.C25H31FN4.C24H32FN5/c1-17-9-22(32-7-5-31(4)6-8-32)25-23(10-17)33(26(30-25)29-15-21-13-28-14-21)16-20-11-18(2)24(27)19(3)12-20;1-18-13-22(30-9-5-4-6-10-30)25-23(14-18)32(26(29-25)31-11-7-28-8-12-31)17-21-15-19(2)24(27)20(3)16-21;1-16-11-21(20-7-5-4-6-8-20)24-22(12-16)30(25(29-24)28-10-9-27)15-19-13-17(2)23(26)18(3)14-19;1-16-11-20(29-9-5-4-6-10-29)23-21(12-16)30(24(28-23)27-8-7-26)15-19-13-17(2)22(25)18(3)14-19/h9-12,21,28H,5-8,13-16H2,1-4H3,(H,29,30);13-16,28H,4-12,17H2,1-3H3;7,11-14H,4-6,8-10,15,27H2,1-3H3,(H,28,29);11-14H,4-10,15,26H2,1-3H3,(H,27,28). The number of likely N-dealkylation sites (N-methyl/N-ethyl adjacent to an activating group) is 1. The van der Waals surface area contributed by atoms with Gasteiger partial charge < -0.3 is 80.8 Å². The maximum absolute atomic E-state index is 14.3. The fourth-order valence-electron chi connectivity index (χ4n) is 19.2. The molecule has 5 fully saturated rings. The van der Waals surface area contributed by atoms with Gasteiger partial charge in [0.1, 0.15) is 39.8 Å². The SMILES string of the molecule is Cc1cc(C2=CCCCC2)c2nc(NCCN)n(Cc3cc(C)c(F)c(C)c3)c2c1.Cc1cc(N2CCCCC2)c2nc(N3CCNCC3)n(Cc3cc(C)c(F)c(C)c3)c2c1.Cc1cc(N2CCCCC2)c2nc(NCCN)n(Cc3cc(C)c(F)c(C)c3)c2c1.Cc1cc(N2CCN(C)CC2)c2nc(NCC3CNC3)n(Cc3cc(C)c(F)c(C)c3)c2c1. The van der Waals surface area contributed by atoms with Crippen molar-refractivity contribution in [2.45, 2.75) is 173 Å². The number of aromatic nitrogens is 8. The molecule has 18 rings (SSSR count). The van der Waals surface area contributed by atoms with E-state index in [9.17, 15) is 17.6 Å². The van der Waals surface area contributed by atoms with Crippen LogP contribution in [0.25, 0.3) is 49.7 Å². The van der Waals surface area contributed by atoms with Crippen LogP contribution in [0, 0.1) is 112 Å². The number of allylic oxidation sites excluding steroid dienone is 2. The highest BCUT2D eigenvalue weighted by atomic mass is 19.1. The van der Waals surface area contributed by atoms with Crippen LogP contribution in [0.5, 0.6) is 0 Å². The van der Waals surface area contributed by atoms with Crippen LogP contribution in [0.15, 0.2) is 103 Å². The lowest BCUT2D eigenvalue weighted by Crippen LogP contribution is -2.45. The summed E-state index contributed by atoms with van der Waals surface area (Å²) in [6.07, 6.45) is 14.7. The molecule has 9 N–H and O–H groups in total. The van der Waals surface area contributed by atoms with E-state index in [4.69, 9.17) is 31.4 Å². The smallest absolute Gasteiger partial charge is 0.207 e. The number of piperidine rings is 2. The quantitative estimate of drug-likeness (QED) is 0.0316. The largest absolute Gasteiger partial charge is 0.370 e. The van der Waals surface area contributed by atoms with Gasteiger partial charge in [0.2, 0.25) is 23.8 Å². The molecule has 0 saturated carbocycles. The fraction of sp³-hybridized carbons (Fsp3) is 0.465. The van der Waals surface area contributed by atoms with E-state index < -0.39 is 0 Å². The van der Waals surface area contributed by atoms with Gasteiger partial charge in [0.25, 0.3) is 0 Å². The Balaban J connectivity index is 0.000000129. The van der Waals surface area contributed by atoms with E-state index in [1.807, 2.05) is 104 Å². The number of benzene rings is 8.